The van der Waals surface area contributed by atoms with Gasteiger partial charge in [-0.2, -0.15) is 5.10 Å². The van der Waals surface area contributed by atoms with Gasteiger partial charge in [-0.15, -0.1) is 0 Å². The van der Waals surface area contributed by atoms with Crippen molar-refractivity contribution in [2.24, 2.45) is 12.8 Å². The molecule has 0 aliphatic rings. The number of nitrogens with two attached hydrogens (primary N) is 1. The van der Waals surface area contributed by atoms with Crippen LogP contribution in [0.25, 0.3) is 0 Å². The highest BCUT2D eigenvalue weighted by Crippen LogP contribution is 2.24. The molecule has 108 valence electrons. The average Bonchev–Trinajstić information content (AvgIpc) is 2.61. The minimum absolute atomic E-state index is 0.246. The Kier molecular flexibility index (Phi) is 4.30. The van der Waals surface area contributed by atoms with Gasteiger partial charge in [0.05, 0.1) is 5.69 Å². The lowest BCUT2D eigenvalue weighted by molar-refractivity contribution is 0.303. The van der Waals surface area contributed by atoms with Crippen LogP contribution in [0.15, 0.2) is 18.2 Å². The van der Waals surface area contributed by atoms with E-state index in [2.05, 4.69) is 5.10 Å². The third-order valence-electron chi connectivity index (χ3n) is 3.12. The van der Waals surface area contributed by atoms with E-state index in [0.29, 0.717) is 16.5 Å². The van der Waals surface area contributed by atoms with E-state index >= 15 is 0 Å². The Bertz CT molecular complexity index is 625. The normalized spacial score (nSPS) is 12.5. The molecular formula is C14H17ClFN3O. The molecule has 0 saturated heterocycles. The number of rotatable bonds is 4. The van der Waals surface area contributed by atoms with Gasteiger partial charge in [0.15, 0.2) is 0 Å². The molecule has 20 heavy (non-hydrogen) atoms. The third-order valence-corrected chi connectivity index (χ3v) is 3.59. The summed E-state index contributed by atoms with van der Waals surface area (Å²) in [6.45, 7) is 3.83. The van der Waals surface area contributed by atoms with Gasteiger partial charge in [-0.25, -0.2) is 4.39 Å². The summed E-state index contributed by atoms with van der Waals surface area (Å²) in [5.41, 5.74) is 7.72. The Morgan fingerprint density at radius 2 is 2.20 bits per heavy atom. The largest absolute Gasteiger partial charge is 0.489 e. The van der Waals surface area contributed by atoms with Crippen molar-refractivity contribution in [2.75, 3.05) is 0 Å². The molecule has 0 saturated carbocycles. The molecule has 0 aliphatic heterocycles. The van der Waals surface area contributed by atoms with Crippen LogP contribution in [0.1, 0.15) is 29.8 Å². The highest BCUT2D eigenvalue weighted by molar-refractivity contribution is 6.30. The fraction of sp³-hybridized carbons (Fsp3) is 0.357. The van der Waals surface area contributed by atoms with Gasteiger partial charge in [0.1, 0.15) is 23.3 Å². The van der Waals surface area contributed by atoms with Gasteiger partial charge in [0, 0.05) is 30.3 Å². The molecule has 0 amide bonds. The fourth-order valence-corrected chi connectivity index (χ4v) is 2.19. The zero-order chi connectivity index (χ0) is 14.9. The monoisotopic (exact) mass is 297 g/mol. The summed E-state index contributed by atoms with van der Waals surface area (Å²) in [6.07, 6.45) is 0. The van der Waals surface area contributed by atoms with Crippen molar-refractivity contribution < 1.29 is 9.13 Å². The molecule has 0 fully saturated rings. The van der Waals surface area contributed by atoms with Gasteiger partial charge in [-0.05, 0) is 19.9 Å². The van der Waals surface area contributed by atoms with Crippen LogP contribution in [0.5, 0.6) is 5.75 Å². The summed E-state index contributed by atoms with van der Waals surface area (Å²) in [6, 6.07) is 4.31. The lowest BCUT2D eigenvalue weighted by Gasteiger charge is -2.10. The van der Waals surface area contributed by atoms with Crippen LogP contribution >= 0.6 is 11.6 Å². The molecular weight excluding hydrogens is 281 g/mol. The zero-order valence-electron chi connectivity index (χ0n) is 11.7. The van der Waals surface area contributed by atoms with Crippen LogP contribution in [-0.2, 0) is 13.7 Å². The molecule has 0 unspecified atom stereocenters. The van der Waals surface area contributed by atoms with E-state index in [1.54, 1.807) is 30.8 Å². The first kappa shape index (κ1) is 14.8. The molecule has 1 heterocycles. The number of benzene rings is 1. The molecule has 2 N–H and O–H groups in total. The van der Waals surface area contributed by atoms with Crippen molar-refractivity contribution in [3.8, 4) is 5.75 Å². The van der Waals surface area contributed by atoms with Crippen molar-refractivity contribution in [2.45, 2.75) is 26.5 Å². The Morgan fingerprint density at radius 3 is 2.70 bits per heavy atom. The van der Waals surface area contributed by atoms with Crippen molar-refractivity contribution in [1.29, 1.82) is 0 Å². The van der Waals surface area contributed by atoms with Gasteiger partial charge in [-0.1, -0.05) is 17.7 Å². The summed E-state index contributed by atoms with van der Waals surface area (Å²) in [7, 11) is 1.76. The number of aromatic nitrogens is 2. The summed E-state index contributed by atoms with van der Waals surface area (Å²) in [5, 5.41) is 4.72. The second kappa shape index (κ2) is 5.81. The van der Waals surface area contributed by atoms with E-state index in [-0.39, 0.29) is 18.5 Å². The molecule has 1 aromatic heterocycles. The molecule has 0 aliphatic carbocycles. The first-order chi connectivity index (χ1) is 9.40. The Morgan fingerprint density at radius 1 is 1.50 bits per heavy atom. The minimum Gasteiger partial charge on any atom is -0.489 e. The number of hydrogen-bond donors (Lipinski definition) is 1. The van der Waals surface area contributed by atoms with E-state index < -0.39 is 0 Å². The lowest BCUT2D eigenvalue weighted by atomic mass is 10.1. The second-order valence-corrected chi connectivity index (χ2v) is 5.10. The molecule has 1 atom stereocenters. The van der Waals surface area contributed by atoms with E-state index in [0.717, 1.165) is 11.3 Å². The minimum atomic E-state index is -0.369. The van der Waals surface area contributed by atoms with Crippen molar-refractivity contribution in [3.05, 3.63) is 46.0 Å². The van der Waals surface area contributed by atoms with Gasteiger partial charge < -0.3 is 10.5 Å². The van der Waals surface area contributed by atoms with Crippen LogP contribution in [-0.4, -0.2) is 9.78 Å². The molecule has 2 aromatic rings. The van der Waals surface area contributed by atoms with Crippen LogP contribution in [0.4, 0.5) is 4.39 Å². The van der Waals surface area contributed by atoms with E-state index in [1.807, 2.05) is 6.92 Å². The standard InChI is InChI=1S/C14H17ClFN3O/c1-8(17)11-5-4-10(6-13(11)16)20-7-12-9(2)18-19(3)14(12)15/h4-6,8H,7,17H2,1-3H3/t8-/m0/s1. The predicted molar refractivity (Wildman–Crippen MR) is 76.3 cm³/mol. The summed E-state index contributed by atoms with van der Waals surface area (Å²) in [5.74, 6) is 0.0673. The van der Waals surface area contributed by atoms with Gasteiger partial charge in [0.25, 0.3) is 0 Å². The van der Waals surface area contributed by atoms with Crippen molar-refractivity contribution >= 4 is 11.6 Å². The van der Waals surface area contributed by atoms with E-state index in [1.165, 1.54) is 6.07 Å². The maximum atomic E-state index is 13.8. The van der Waals surface area contributed by atoms with Crippen molar-refractivity contribution in [1.82, 2.24) is 9.78 Å². The quantitative estimate of drug-likeness (QED) is 0.943. The summed E-state index contributed by atoms with van der Waals surface area (Å²) in [4.78, 5) is 0. The molecule has 1 aromatic carbocycles. The van der Waals surface area contributed by atoms with E-state index in [4.69, 9.17) is 22.1 Å². The zero-order valence-corrected chi connectivity index (χ0v) is 12.4. The highest BCUT2D eigenvalue weighted by Gasteiger charge is 2.13. The van der Waals surface area contributed by atoms with E-state index in [9.17, 15) is 4.39 Å². The second-order valence-electron chi connectivity index (χ2n) is 4.74. The first-order valence-corrected chi connectivity index (χ1v) is 6.63. The van der Waals surface area contributed by atoms with Crippen LogP contribution in [0, 0.1) is 12.7 Å². The smallest absolute Gasteiger partial charge is 0.133 e. The summed E-state index contributed by atoms with van der Waals surface area (Å²) >= 11 is 6.11. The Labute approximate surface area is 122 Å². The molecule has 0 radical (unpaired) electrons. The SMILES string of the molecule is Cc1nn(C)c(Cl)c1COc1ccc([C@H](C)N)c(F)c1. The number of nitrogens with zero attached hydrogens (tertiary/aromatic N) is 2. The number of ether oxygens (including phenoxy) is 1. The average molecular weight is 298 g/mol. The number of halogens is 2. The molecule has 0 bridgehead atoms. The molecule has 6 heteroatoms. The fourth-order valence-electron chi connectivity index (χ4n) is 1.96. The maximum Gasteiger partial charge on any atom is 0.133 e. The number of aryl methyl sites for hydroxylation is 2. The first-order valence-electron chi connectivity index (χ1n) is 6.26. The van der Waals surface area contributed by atoms with Gasteiger partial charge >= 0.3 is 0 Å². The van der Waals surface area contributed by atoms with Crippen LogP contribution in [0.3, 0.4) is 0 Å². The third kappa shape index (κ3) is 2.94. The highest BCUT2D eigenvalue weighted by atomic mass is 35.5. The molecule has 0 spiro atoms. The summed E-state index contributed by atoms with van der Waals surface area (Å²) < 4.78 is 20.9. The van der Waals surface area contributed by atoms with Crippen molar-refractivity contribution in [3.63, 3.8) is 0 Å². The lowest BCUT2D eigenvalue weighted by Crippen LogP contribution is -2.07. The molecule has 4 nitrogen and oxygen atoms in total. The van der Waals surface area contributed by atoms with Gasteiger partial charge in [-0.3, -0.25) is 4.68 Å². The maximum absolute atomic E-state index is 13.8. The molecule has 2 rings (SSSR count). The van der Waals surface area contributed by atoms with Crippen LogP contribution in [0.2, 0.25) is 5.15 Å². The topological polar surface area (TPSA) is 53.1 Å². The van der Waals surface area contributed by atoms with Crippen LogP contribution < -0.4 is 10.5 Å². The predicted octanol–water partition coefficient (Wildman–Crippen LogP) is 3.12. The number of hydrogen-bond acceptors (Lipinski definition) is 3. The van der Waals surface area contributed by atoms with Gasteiger partial charge in [0.2, 0.25) is 0 Å². The Hall–Kier alpha value is -1.59. The Balaban J connectivity index is 2.13.